The highest BCUT2D eigenvalue weighted by atomic mass is 19.1. The summed E-state index contributed by atoms with van der Waals surface area (Å²) in [7, 11) is 0. The number of aryl methyl sites for hydroxylation is 1. The summed E-state index contributed by atoms with van der Waals surface area (Å²) in [6, 6.07) is 12.9. The predicted molar refractivity (Wildman–Crippen MR) is 74.9 cm³/mol. The van der Waals surface area contributed by atoms with E-state index in [-0.39, 0.29) is 5.82 Å². The first-order valence-electron chi connectivity index (χ1n) is 6.20. The third-order valence-electron chi connectivity index (χ3n) is 3.50. The summed E-state index contributed by atoms with van der Waals surface area (Å²) in [5.41, 5.74) is 2.89. The SMILES string of the molecule is Cc1cn2c3ccccc3c3cc(F)ccc3c2n1. The molecule has 0 radical (unpaired) electrons. The quantitative estimate of drug-likeness (QED) is 0.430. The molecule has 0 fully saturated rings. The molecule has 0 saturated carbocycles. The van der Waals surface area contributed by atoms with E-state index in [2.05, 4.69) is 9.38 Å². The van der Waals surface area contributed by atoms with Crippen molar-refractivity contribution in [3.05, 3.63) is 60.2 Å². The van der Waals surface area contributed by atoms with Gasteiger partial charge >= 0.3 is 0 Å². The number of rotatable bonds is 0. The summed E-state index contributed by atoms with van der Waals surface area (Å²) in [5, 5.41) is 2.93. The molecule has 2 heterocycles. The minimum absolute atomic E-state index is 0.217. The Bertz CT molecular complexity index is 938. The van der Waals surface area contributed by atoms with Gasteiger partial charge in [0.25, 0.3) is 0 Å². The molecule has 0 saturated heterocycles. The zero-order chi connectivity index (χ0) is 13.0. The third kappa shape index (κ3) is 1.38. The third-order valence-corrected chi connectivity index (χ3v) is 3.50. The predicted octanol–water partition coefficient (Wildman–Crippen LogP) is 4.09. The summed E-state index contributed by atoms with van der Waals surface area (Å²) in [6.07, 6.45) is 2.01. The Hall–Kier alpha value is -2.42. The molecule has 0 N–H and O–H groups in total. The Morgan fingerprint density at radius 3 is 2.74 bits per heavy atom. The topological polar surface area (TPSA) is 17.3 Å². The smallest absolute Gasteiger partial charge is 0.145 e. The molecule has 0 spiro atoms. The van der Waals surface area contributed by atoms with Crippen molar-refractivity contribution in [1.82, 2.24) is 9.38 Å². The number of imidazole rings is 1. The van der Waals surface area contributed by atoms with Gasteiger partial charge in [-0.1, -0.05) is 18.2 Å². The van der Waals surface area contributed by atoms with Crippen LogP contribution in [0.2, 0.25) is 0 Å². The highest BCUT2D eigenvalue weighted by Crippen LogP contribution is 2.29. The molecule has 3 heteroatoms. The molecule has 0 atom stereocenters. The van der Waals surface area contributed by atoms with Crippen molar-refractivity contribution in [2.75, 3.05) is 0 Å². The molecule has 4 rings (SSSR count). The molecule has 0 aliphatic heterocycles. The molecule has 2 aromatic heterocycles. The first-order valence-corrected chi connectivity index (χ1v) is 6.20. The number of benzene rings is 2. The van der Waals surface area contributed by atoms with E-state index >= 15 is 0 Å². The second kappa shape index (κ2) is 3.54. The standard InChI is InChI=1S/C16H11FN2/c1-10-9-19-15-5-3-2-4-12(15)14-8-11(17)6-7-13(14)16(19)18-10/h2-9H,1H3. The van der Waals surface area contributed by atoms with Gasteiger partial charge in [-0.25, -0.2) is 9.37 Å². The van der Waals surface area contributed by atoms with Gasteiger partial charge < -0.3 is 0 Å². The molecule has 2 nitrogen and oxygen atoms in total. The number of para-hydroxylation sites is 1. The van der Waals surface area contributed by atoms with E-state index < -0.39 is 0 Å². The summed E-state index contributed by atoms with van der Waals surface area (Å²) in [6.45, 7) is 1.97. The largest absolute Gasteiger partial charge is 0.299 e. The Labute approximate surface area is 109 Å². The first-order chi connectivity index (χ1) is 9.24. The van der Waals surface area contributed by atoms with Crippen LogP contribution < -0.4 is 0 Å². The maximum Gasteiger partial charge on any atom is 0.145 e. The lowest BCUT2D eigenvalue weighted by Crippen LogP contribution is -1.90. The Balaban J connectivity index is 2.42. The fourth-order valence-electron chi connectivity index (χ4n) is 2.72. The summed E-state index contributed by atoms with van der Waals surface area (Å²) < 4.78 is 15.6. The molecule has 19 heavy (non-hydrogen) atoms. The van der Waals surface area contributed by atoms with E-state index in [1.54, 1.807) is 12.1 Å². The van der Waals surface area contributed by atoms with Gasteiger partial charge in [0, 0.05) is 17.0 Å². The van der Waals surface area contributed by atoms with Crippen LogP contribution in [0.4, 0.5) is 4.39 Å². The van der Waals surface area contributed by atoms with E-state index in [4.69, 9.17) is 0 Å². The molecule has 92 valence electrons. The zero-order valence-corrected chi connectivity index (χ0v) is 10.4. The van der Waals surface area contributed by atoms with Crippen molar-refractivity contribution in [3.63, 3.8) is 0 Å². The lowest BCUT2D eigenvalue weighted by Gasteiger charge is -2.07. The van der Waals surface area contributed by atoms with Crippen molar-refractivity contribution >= 4 is 27.3 Å². The monoisotopic (exact) mass is 250 g/mol. The average Bonchev–Trinajstić information content (AvgIpc) is 2.81. The molecule has 0 aliphatic rings. The molecular formula is C16H11FN2. The van der Waals surface area contributed by atoms with Gasteiger partial charge in [-0.15, -0.1) is 0 Å². The van der Waals surface area contributed by atoms with Crippen LogP contribution in [-0.2, 0) is 0 Å². The molecule has 4 aromatic rings. The van der Waals surface area contributed by atoms with Crippen molar-refractivity contribution < 1.29 is 4.39 Å². The molecular weight excluding hydrogens is 239 g/mol. The van der Waals surface area contributed by atoms with E-state index in [1.165, 1.54) is 6.07 Å². The fourth-order valence-corrected chi connectivity index (χ4v) is 2.72. The van der Waals surface area contributed by atoms with Crippen LogP contribution in [-0.4, -0.2) is 9.38 Å². The number of pyridine rings is 1. The van der Waals surface area contributed by atoms with Crippen LogP contribution >= 0.6 is 0 Å². The number of hydrogen-bond donors (Lipinski definition) is 0. The van der Waals surface area contributed by atoms with Gasteiger partial charge in [-0.2, -0.15) is 0 Å². The molecule has 0 aliphatic carbocycles. The van der Waals surface area contributed by atoms with Gasteiger partial charge in [0.1, 0.15) is 11.5 Å². The molecule has 0 bridgehead atoms. The van der Waals surface area contributed by atoms with Crippen LogP contribution in [0.1, 0.15) is 5.69 Å². The number of nitrogens with zero attached hydrogens (tertiary/aromatic N) is 2. The highest BCUT2D eigenvalue weighted by molar-refractivity contribution is 6.11. The number of aromatic nitrogens is 2. The van der Waals surface area contributed by atoms with Crippen molar-refractivity contribution in [3.8, 4) is 0 Å². The average molecular weight is 250 g/mol. The van der Waals surface area contributed by atoms with E-state index in [0.29, 0.717) is 0 Å². The van der Waals surface area contributed by atoms with Crippen LogP contribution in [0, 0.1) is 12.7 Å². The maximum absolute atomic E-state index is 13.5. The molecule has 0 unspecified atom stereocenters. The van der Waals surface area contributed by atoms with Crippen molar-refractivity contribution in [2.45, 2.75) is 6.92 Å². The van der Waals surface area contributed by atoms with E-state index in [9.17, 15) is 4.39 Å². The van der Waals surface area contributed by atoms with Gasteiger partial charge in [-0.3, -0.25) is 4.40 Å². The normalized spacial score (nSPS) is 11.7. The Kier molecular flexibility index (Phi) is 1.96. The minimum Gasteiger partial charge on any atom is -0.299 e. The van der Waals surface area contributed by atoms with Crippen LogP contribution in [0.15, 0.2) is 48.7 Å². The first kappa shape index (κ1) is 10.5. The summed E-state index contributed by atoms with van der Waals surface area (Å²) in [4.78, 5) is 4.56. The fraction of sp³-hybridized carbons (Fsp3) is 0.0625. The van der Waals surface area contributed by atoms with E-state index in [0.717, 1.165) is 33.0 Å². The summed E-state index contributed by atoms with van der Waals surface area (Å²) >= 11 is 0. The van der Waals surface area contributed by atoms with Crippen molar-refractivity contribution in [1.29, 1.82) is 0 Å². The zero-order valence-electron chi connectivity index (χ0n) is 10.4. The summed E-state index contributed by atoms with van der Waals surface area (Å²) in [5.74, 6) is -0.217. The van der Waals surface area contributed by atoms with E-state index in [1.807, 2.05) is 37.4 Å². The lowest BCUT2D eigenvalue weighted by atomic mass is 10.1. The Morgan fingerprint density at radius 2 is 1.84 bits per heavy atom. The van der Waals surface area contributed by atoms with Gasteiger partial charge in [0.05, 0.1) is 11.2 Å². The second-order valence-corrected chi connectivity index (χ2v) is 4.78. The van der Waals surface area contributed by atoms with Crippen molar-refractivity contribution in [2.24, 2.45) is 0 Å². The highest BCUT2D eigenvalue weighted by Gasteiger charge is 2.10. The number of fused-ring (bicyclic) bond motifs is 6. The van der Waals surface area contributed by atoms with Crippen LogP contribution in [0.5, 0.6) is 0 Å². The van der Waals surface area contributed by atoms with Gasteiger partial charge in [0.15, 0.2) is 0 Å². The van der Waals surface area contributed by atoms with Gasteiger partial charge in [-0.05, 0) is 36.6 Å². The minimum atomic E-state index is -0.217. The van der Waals surface area contributed by atoms with Gasteiger partial charge in [0.2, 0.25) is 0 Å². The lowest BCUT2D eigenvalue weighted by molar-refractivity contribution is 0.630. The molecule has 0 amide bonds. The number of hydrogen-bond acceptors (Lipinski definition) is 1. The molecule has 2 aromatic carbocycles. The van der Waals surface area contributed by atoms with Crippen LogP contribution in [0.3, 0.4) is 0 Å². The number of halogens is 1. The Morgan fingerprint density at radius 1 is 1.00 bits per heavy atom. The van der Waals surface area contributed by atoms with Crippen LogP contribution in [0.25, 0.3) is 27.3 Å². The maximum atomic E-state index is 13.5. The second-order valence-electron chi connectivity index (χ2n) is 4.78.